The highest BCUT2D eigenvalue weighted by atomic mass is 32.1. The number of allylic oxidation sites excluding steroid dienone is 1. The molecule has 104 valence electrons. The highest BCUT2D eigenvalue weighted by Crippen LogP contribution is 2.26. The van der Waals surface area contributed by atoms with Gasteiger partial charge in [-0.3, -0.25) is 4.79 Å². The van der Waals surface area contributed by atoms with Gasteiger partial charge >= 0.3 is 0 Å². The lowest BCUT2D eigenvalue weighted by Gasteiger charge is -2.27. The second kappa shape index (κ2) is 7.85. The second-order valence-electron chi connectivity index (χ2n) is 4.95. The van der Waals surface area contributed by atoms with Gasteiger partial charge in [-0.05, 0) is 51.4 Å². The molecule has 0 aromatic heterocycles. The summed E-state index contributed by atoms with van der Waals surface area (Å²) in [6.45, 7) is 10.7. The molecule has 1 aliphatic rings. The summed E-state index contributed by atoms with van der Waals surface area (Å²) in [7, 11) is 0. The molecule has 0 saturated heterocycles. The minimum Gasteiger partial charge on any atom is -0.382 e. The summed E-state index contributed by atoms with van der Waals surface area (Å²) in [5.74, 6) is 0.148. The minimum absolute atomic E-state index is 0.148. The van der Waals surface area contributed by atoms with Crippen molar-refractivity contribution in [3.63, 3.8) is 0 Å². The number of nitrogens with one attached hydrogen (secondary N) is 1. The minimum atomic E-state index is -0.163. The largest absolute Gasteiger partial charge is 0.382 e. The Labute approximate surface area is 116 Å². The van der Waals surface area contributed by atoms with Crippen LogP contribution in [0.25, 0.3) is 0 Å². The van der Waals surface area contributed by atoms with Crippen LogP contribution >= 0.6 is 12.6 Å². The van der Waals surface area contributed by atoms with Crippen LogP contribution in [0.5, 0.6) is 0 Å². The van der Waals surface area contributed by atoms with Crippen molar-refractivity contribution in [3.8, 4) is 0 Å². The fourth-order valence-corrected chi connectivity index (χ4v) is 2.56. The van der Waals surface area contributed by atoms with Crippen LogP contribution in [0.4, 0.5) is 0 Å². The molecule has 0 saturated carbocycles. The van der Waals surface area contributed by atoms with Gasteiger partial charge in [-0.1, -0.05) is 13.8 Å². The molecule has 4 heteroatoms. The fraction of sp³-hybridized carbons (Fsp3) is 0.786. The summed E-state index contributed by atoms with van der Waals surface area (Å²) < 4.78 is 0. The SMILES string of the molecule is CCCN(CCC)CCCNC1=C(C)C(S)C1=O. The molecule has 18 heavy (non-hydrogen) atoms. The molecule has 0 amide bonds. The summed E-state index contributed by atoms with van der Waals surface area (Å²) in [6.07, 6.45) is 3.50. The first-order valence-corrected chi connectivity index (χ1v) is 7.52. The van der Waals surface area contributed by atoms with E-state index in [0.29, 0.717) is 0 Å². The van der Waals surface area contributed by atoms with Gasteiger partial charge in [-0.2, -0.15) is 12.6 Å². The average molecular weight is 270 g/mol. The lowest BCUT2D eigenvalue weighted by molar-refractivity contribution is -0.116. The molecule has 1 rings (SSSR count). The van der Waals surface area contributed by atoms with Gasteiger partial charge in [0.15, 0.2) is 5.78 Å². The molecule has 0 radical (unpaired) electrons. The maximum absolute atomic E-state index is 11.5. The predicted molar refractivity (Wildman–Crippen MR) is 80.1 cm³/mol. The predicted octanol–water partition coefficient (Wildman–Crippen LogP) is 2.24. The van der Waals surface area contributed by atoms with Crippen molar-refractivity contribution in [1.29, 1.82) is 0 Å². The zero-order valence-electron chi connectivity index (χ0n) is 11.8. The Morgan fingerprint density at radius 3 is 2.33 bits per heavy atom. The Bertz CT molecular complexity index is 309. The van der Waals surface area contributed by atoms with Crippen LogP contribution in [-0.2, 0) is 4.79 Å². The third-order valence-corrected chi connectivity index (χ3v) is 3.95. The van der Waals surface area contributed by atoms with Crippen LogP contribution in [0, 0.1) is 0 Å². The van der Waals surface area contributed by atoms with Gasteiger partial charge in [0.25, 0.3) is 0 Å². The van der Waals surface area contributed by atoms with E-state index in [4.69, 9.17) is 0 Å². The van der Waals surface area contributed by atoms with Crippen molar-refractivity contribution in [2.45, 2.75) is 45.3 Å². The second-order valence-corrected chi connectivity index (χ2v) is 5.46. The number of rotatable bonds is 9. The molecule has 0 spiro atoms. The lowest BCUT2D eigenvalue weighted by atomic mass is 9.93. The van der Waals surface area contributed by atoms with E-state index in [1.165, 1.54) is 25.9 Å². The first-order valence-electron chi connectivity index (χ1n) is 7.01. The van der Waals surface area contributed by atoms with Crippen LogP contribution in [0.15, 0.2) is 11.3 Å². The Balaban J connectivity index is 2.20. The van der Waals surface area contributed by atoms with Gasteiger partial charge in [0.05, 0.1) is 10.9 Å². The Kier molecular flexibility index (Phi) is 6.79. The van der Waals surface area contributed by atoms with Crippen LogP contribution < -0.4 is 5.32 Å². The highest BCUT2D eigenvalue weighted by Gasteiger charge is 2.32. The number of hydrogen-bond acceptors (Lipinski definition) is 4. The molecular formula is C14H26N2OS. The van der Waals surface area contributed by atoms with Gasteiger partial charge in [0.1, 0.15) is 0 Å². The van der Waals surface area contributed by atoms with Crippen molar-refractivity contribution in [2.75, 3.05) is 26.2 Å². The number of carbonyl (C=O) groups excluding carboxylic acids is 1. The fourth-order valence-electron chi connectivity index (χ4n) is 2.30. The molecular weight excluding hydrogens is 244 g/mol. The Morgan fingerprint density at radius 2 is 1.83 bits per heavy atom. The molecule has 1 aliphatic carbocycles. The molecule has 0 fully saturated rings. The zero-order chi connectivity index (χ0) is 13.5. The lowest BCUT2D eigenvalue weighted by Crippen LogP contribution is -2.39. The number of nitrogens with zero attached hydrogens (tertiary/aromatic N) is 1. The van der Waals surface area contributed by atoms with Crippen molar-refractivity contribution in [3.05, 3.63) is 11.3 Å². The molecule has 1 unspecified atom stereocenters. The molecule has 3 nitrogen and oxygen atoms in total. The Hall–Kier alpha value is -0.480. The first kappa shape index (κ1) is 15.6. The summed E-state index contributed by atoms with van der Waals surface area (Å²) in [5.41, 5.74) is 1.88. The van der Waals surface area contributed by atoms with E-state index in [9.17, 15) is 4.79 Å². The standard InChI is InChI=1S/C14H26N2OS/c1-4-8-16(9-5-2)10-6-7-15-12-11(3)14(18)13(12)17/h14-15,18H,4-10H2,1-3H3. The van der Waals surface area contributed by atoms with E-state index in [1.54, 1.807) is 0 Å². The van der Waals surface area contributed by atoms with Crippen LogP contribution in [-0.4, -0.2) is 42.1 Å². The molecule has 0 aliphatic heterocycles. The molecule has 0 bridgehead atoms. The summed E-state index contributed by atoms with van der Waals surface area (Å²) in [4.78, 5) is 14.0. The van der Waals surface area contributed by atoms with Crippen LogP contribution in [0.2, 0.25) is 0 Å². The zero-order valence-corrected chi connectivity index (χ0v) is 12.7. The molecule has 0 heterocycles. The van der Waals surface area contributed by atoms with Gasteiger partial charge in [0, 0.05) is 6.54 Å². The van der Waals surface area contributed by atoms with E-state index in [-0.39, 0.29) is 11.0 Å². The number of hydrogen-bond donors (Lipinski definition) is 2. The molecule has 1 atom stereocenters. The average Bonchev–Trinajstić information content (AvgIpc) is 2.37. The number of thiol groups is 1. The topological polar surface area (TPSA) is 32.3 Å². The van der Waals surface area contributed by atoms with Crippen LogP contribution in [0.3, 0.4) is 0 Å². The monoisotopic (exact) mass is 270 g/mol. The van der Waals surface area contributed by atoms with E-state index in [1.807, 2.05) is 6.92 Å². The smallest absolute Gasteiger partial charge is 0.195 e. The molecule has 1 N–H and O–H groups in total. The van der Waals surface area contributed by atoms with Crippen molar-refractivity contribution < 1.29 is 4.79 Å². The molecule has 0 aromatic rings. The van der Waals surface area contributed by atoms with E-state index in [0.717, 1.165) is 30.8 Å². The summed E-state index contributed by atoms with van der Waals surface area (Å²) in [5, 5.41) is 3.08. The van der Waals surface area contributed by atoms with Gasteiger partial charge in [-0.25, -0.2) is 0 Å². The van der Waals surface area contributed by atoms with Gasteiger partial charge in [0.2, 0.25) is 0 Å². The van der Waals surface area contributed by atoms with Crippen LogP contribution in [0.1, 0.15) is 40.0 Å². The third-order valence-electron chi connectivity index (χ3n) is 3.33. The normalized spacial score (nSPS) is 19.4. The van der Waals surface area contributed by atoms with E-state index in [2.05, 4.69) is 36.7 Å². The number of Topliss-reactive ketones (excluding diaryl/α,β-unsaturated/α-hetero) is 1. The maximum Gasteiger partial charge on any atom is 0.195 e. The van der Waals surface area contributed by atoms with E-state index >= 15 is 0 Å². The summed E-state index contributed by atoms with van der Waals surface area (Å²) >= 11 is 4.21. The number of carbonyl (C=O) groups is 1. The van der Waals surface area contributed by atoms with Crippen molar-refractivity contribution in [2.24, 2.45) is 0 Å². The van der Waals surface area contributed by atoms with Crippen molar-refractivity contribution in [1.82, 2.24) is 10.2 Å². The molecule has 0 aromatic carbocycles. The summed E-state index contributed by atoms with van der Waals surface area (Å²) in [6, 6.07) is 0. The third kappa shape index (κ3) is 4.02. The first-order chi connectivity index (χ1) is 8.61. The van der Waals surface area contributed by atoms with Gasteiger partial charge in [-0.15, -0.1) is 0 Å². The Morgan fingerprint density at radius 1 is 1.22 bits per heavy atom. The number of ketones is 1. The highest BCUT2D eigenvalue weighted by molar-refractivity contribution is 7.82. The maximum atomic E-state index is 11.5. The van der Waals surface area contributed by atoms with Crippen molar-refractivity contribution >= 4 is 18.4 Å². The quantitative estimate of drug-likeness (QED) is 0.498. The van der Waals surface area contributed by atoms with E-state index < -0.39 is 0 Å². The van der Waals surface area contributed by atoms with Gasteiger partial charge < -0.3 is 10.2 Å².